The maximum absolute atomic E-state index is 14.2. The van der Waals surface area contributed by atoms with E-state index in [4.69, 9.17) is 0 Å². The van der Waals surface area contributed by atoms with Gasteiger partial charge in [0.25, 0.3) is 5.56 Å². The van der Waals surface area contributed by atoms with E-state index in [9.17, 15) is 13.6 Å². The van der Waals surface area contributed by atoms with E-state index in [-0.39, 0.29) is 29.3 Å². The lowest BCUT2D eigenvalue weighted by Gasteiger charge is -2.21. The second-order valence-electron chi connectivity index (χ2n) is 7.15. The summed E-state index contributed by atoms with van der Waals surface area (Å²) in [6, 6.07) is 5.24. The third-order valence-corrected chi connectivity index (χ3v) is 5.25. The Morgan fingerprint density at radius 1 is 1.17 bits per heavy atom. The summed E-state index contributed by atoms with van der Waals surface area (Å²) in [5.41, 5.74) is 0.528. The highest BCUT2D eigenvalue weighted by atomic mass is 35.5. The van der Waals surface area contributed by atoms with Crippen LogP contribution in [0.25, 0.3) is 11.0 Å². The van der Waals surface area contributed by atoms with Crippen molar-refractivity contribution in [3.63, 3.8) is 0 Å². The van der Waals surface area contributed by atoms with Crippen molar-refractivity contribution in [3.8, 4) is 0 Å². The molecule has 1 aliphatic rings. The van der Waals surface area contributed by atoms with Crippen LogP contribution in [0.15, 0.2) is 35.3 Å². The number of nitrogens with zero attached hydrogens (tertiary/aromatic N) is 4. The molecule has 4 rings (SSSR count). The normalized spacial score (nSPS) is 14.1. The van der Waals surface area contributed by atoms with Crippen molar-refractivity contribution in [2.75, 3.05) is 17.3 Å². The molecule has 2 aromatic heterocycles. The predicted molar refractivity (Wildman–Crippen MR) is 112 cm³/mol. The molecule has 6 nitrogen and oxygen atoms in total. The van der Waals surface area contributed by atoms with Gasteiger partial charge in [0.1, 0.15) is 23.0 Å². The lowest BCUT2D eigenvalue weighted by molar-refractivity contribution is 0.583. The number of hydrogen-bond acceptors (Lipinski definition) is 5. The minimum absolute atomic E-state index is 0. The van der Waals surface area contributed by atoms with Crippen LogP contribution in [0.3, 0.4) is 0 Å². The van der Waals surface area contributed by atoms with E-state index < -0.39 is 11.6 Å². The van der Waals surface area contributed by atoms with Crippen LogP contribution < -0.4 is 15.8 Å². The van der Waals surface area contributed by atoms with E-state index in [0.717, 1.165) is 25.0 Å². The van der Waals surface area contributed by atoms with Crippen molar-refractivity contribution in [1.82, 2.24) is 14.5 Å². The Morgan fingerprint density at radius 2 is 1.90 bits per heavy atom. The van der Waals surface area contributed by atoms with Crippen LogP contribution in [0.4, 0.5) is 26.1 Å². The Hall–Kier alpha value is -2.74. The average molecular weight is 422 g/mol. The van der Waals surface area contributed by atoms with Gasteiger partial charge < -0.3 is 10.2 Å². The highest BCUT2D eigenvalue weighted by Crippen LogP contribution is 2.27. The van der Waals surface area contributed by atoms with Crippen LogP contribution in [0.2, 0.25) is 0 Å². The van der Waals surface area contributed by atoms with Crippen molar-refractivity contribution in [2.45, 2.75) is 31.7 Å². The van der Waals surface area contributed by atoms with Gasteiger partial charge in [-0.1, -0.05) is 12.8 Å². The fraction of sp³-hybridized carbons (Fsp3) is 0.350. The molecule has 0 aliphatic heterocycles. The van der Waals surface area contributed by atoms with Gasteiger partial charge in [0.15, 0.2) is 0 Å². The molecule has 9 heteroatoms. The molecule has 0 amide bonds. The molecule has 29 heavy (non-hydrogen) atoms. The number of rotatable bonds is 4. The lowest BCUT2D eigenvalue weighted by atomic mass is 10.2. The highest BCUT2D eigenvalue weighted by Gasteiger charge is 2.19. The van der Waals surface area contributed by atoms with Crippen molar-refractivity contribution < 1.29 is 8.78 Å². The summed E-state index contributed by atoms with van der Waals surface area (Å²) in [6.07, 6.45) is 6.22. The number of fused-ring (bicyclic) bond motifs is 1. The van der Waals surface area contributed by atoms with Gasteiger partial charge in [0.05, 0.1) is 5.69 Å². The summed E-state index contributed by atoms with van der Waals surface area (Å²) in [5, 5.41) is 3.98. The zero-order valence-corrected chi connectivity index (χ0v) is 17.0. The van der Waals surface area contributed by atoms with E-state index in [1.807, 2.05) is 0 Å². The number of pyridine rings is 1. The molecular weight excluding hydrogens is 400 g/mol. The topological polar surface area (TPSA) is 63.1 Å². The van der Waals surface area contributed by atoms with Crippen molar-refractivity contribution in [2.24, 2.45) is 7.05 Å². The fourth-order valence-electron chi connectivity index (χ4n) is 3.68. The second kappa shape index (κ2) is 8.32. The number of anilines is 3. The van der Waals surface area contributed by atoms with Crippen molar-refractivity contribution in [1.29, 1.82) is 0 Å². The predicted octanol–water partition coefficient (Wildman–Crippen LogP) is 4.15. The number of hydrogen-bond donors (Lipinski definition) is 1. The van der Waals surface area contributed by atoms with E-state index in [1.54, 1.807) is 26.4 Å². The Morgan fingerprint density at radius 3 is 2.59 bits per heavy atom. The van der Waals surface area contributed by atoms with Gasteiger partial charge in [-0.15, -0.1) is 12.4 Å². The van der Waals surface area contributed by atoms with Crippen LogP contribution in [-0.4, -0.2) is 27.6 Å². The molecule has 0 spiro atoms. The third-order valence-electron chi connectivity index (χ3n) is 5.25. The summed E-state index contributed by atoms with van der Waals surface area (Å²) < 4.78 is 28.8. The molecule has 3 aromatic rings. The molecule has 0 saturated heterocycles. The lowest BCUT2D eigenvalue weighted by Crippen LogP contribution is -2.27. The zero-order chi connectivity index (χ0) is 19.8. The minimum Gasteiger partial charge on any atom is -0.351 e. The highest BCUT2D eigenvalue weighted by molar-refractivity contribution is 5.85. The average Bonchev–Trinajstić information content (AvgIpc) is 3.17. The summed E-state index contributed by atoms with van der Waals surface area (Å²) in [7, 11) is 3.19. The van der Waals surface area contributed by atoms with Crippen LogP contribution in [0, 0.1) is 11.6 Å². The molecule has 0 bridgehead atoms. The maximum Gasteiger partial charge on any atom is 0.275 e. The molecular formula is C20H22ClF2N5O. The maximum atomic E-state index is 14.2. The molecule has 2 heterocycles. The minimum atomic E-state index is -0.739. The van der Waals surface area contributed by atoms with Crippen LogP contribution in [0.5, 0.6) is 0 Å². The summed E-state index contributed by atoms with van der Waals surface area (Å²) in [6.45, 7) is 0. The first-order valence-corrected chi connectivity index (χ1v) is 9.26. The van der Waals surface area contributed by atoms with E-state index in [1.165, 1.54) is 28.4 Å². The molecule has 0 atom stereocenters. The van der Waals surface area contributed by atoms with E-state index in [2.05, 4.69) is 15.3 Å². The Balaban J connectivity index is 0.00000240. The molecule has 0 unspecified atom stereocenters. The number of halogens is 3. The molecule has 154 valence electrons. The first-order chi connectivity index (χ1) is 13.4. The van der Waals surface area contributed by atoms with E-state index in [0.29, 0.717) is 23.0 Å². The Labute approximate surface area is 173 Å². The van der Waals surface area contributed by atoms with Gasteiger partial charge >= 0.3 is 0 Å². The fourth-order valence-corrected chi connectivity index (χ4v) is 3.68. The monoisotopic (exact) mass is 421 g/mol. The Kier molecular flexibility index (Phi) is 6.02. The number of nitrogens with one attached hydrogen (secondary N) is 1. The molecule has 1 saturated carbocycles. The third kappa shape index (κ3) is 4.03. The first kappa shape index (κ1) is 21.0. The molecule has 1 aromatic carbocycles. The van der Waals surface area contributed by atoms with Gasteiger partial charge in [-0.05, 0) is 31.0 Å². The van der Waals surface area contributed by atoms with E-state index >= 15 is 0 Å². The largest absolute Gasteiger partial charge is 0.351 e. The number of aromatic nitrogens is 3. The number of aryl methyl sites for hydroxylation is 1. The molecule has 0 radical (unpaired) electrons. The van der Waals surface area contributed by atoms with Crippen LogP contribution in [-0.2, 0) is 7.05 Å². The van der Waals surface area contributed by atoms with Crippen molar-refractivity contribution >= 4 is 40.8 Å². The summed E-state index contributed by atoms with van der Waals surface area (Å²) in [5.74, 6) is -0.908. The Bertz CT molecular complexity index is 1100. The van der Waals surface area contributed by atoms with Gasteiger partial charge in [-0.3, -0.25) is 9.36 Å². The first-order valence-electron chi connectivity index (χ1n) is 9.26. The molecule has 1 fully saturated rings. The van der Waals surface area contributed by atoms with Gasteiger partial charge in [0.2, 0.25) is 5.95 Å². The van der Waals surface area contributed by atoms with Crippen LogP contribution in [0.1, 0.15) is 25.7 Å². The van der Waals surface area contributed by atoms with Crippen molar-refractivity contribution in [3.05, 3.63) is 52.5 Å². The van der Waals surface area contributed by atoms with Gasteiger partial charge in [-0.25, -0.2) is 13.8 Å². The SMILES string of the molecule is CN(c1ccc(F)cc1F)c1cc2cnc(NC3CCCC3)nc2n(C)c1=O.Cl. The smallest absolute Gasteiger partial charge is 0.275 e. The summed E-state index contributed by atoms with van der Waals surface area (Å²) >= 11 is 0. The standard InChI is InChI=1S/C20H21F2N5O.ClH/c1-26(16-8-7-13(21)10-15(16)22)17-9-12-11-23-20(24-14-5-3-4-6-14)25-18(12)27(2)19(17)28;/h7-11,14H,3-6H2,1-2H3,(H,23,24,25);1H. The van der Waals surface area contributed by atoms with Gasteiger partial charge in [-0.2, -0.15) is 4.98 Å². The van der Waals surface area contributed by atoms with Crippen LogP contribution >= 0.6 is 12.4 Å². The molecule has 1 aliphatic carbocycles. The molecule has 1 N–H and O–H groups in total. The zero-order valence-electron chi connectivity index (χ0n) is 16.2. The second-order valence-corrected chi connectivity index (χ2v) is 7.15. The number of benzene rings is 1. The quantitative estimate of drug-likeness (QED) is 0.685. The summed E-state index contributed by atoms with van der Waals surface area (Å²) in [4.78, 5) is 23.1. The van der Waals surface area contributed by atoms with Gasteiger partial charge in [0, 0.05) is 37.8 Å².